The van der Waals surface area contributed by atoms with E-state index in [1.807, 2.05) is 19.2 Å². The number of benzene rings is 1. The average molecular weight is 548 g/mol. The van der Waals surface area contributed by atoms with E-state index in [1.54, 1.807) is 7.11 Å². The van der Waals surface area contributed by atoms with E-state index < -0.39 is 0 Å². The van der Waals surface area contributed by atoms with Crippen LogP contribution in [0.5, 0.6) is 0 Å². The van der Waals surface area contributed by atoms with E-state index in [0.717, 1.165) is 57.4 Å². The number of methoxy groups -OCH3 is 1. The van der Waals surface area contributed by atoms with E-state index >= 15 is 0 Å². The Morgan fingerprint density at radius 2 is 1.87 bits per heavy atom. The van der Waals surface area contributed by atoms with E-state index in [2.05, 4.69) is 20.5 Å². The van der Waals surface area contributed by atoms with Gasteiger partial charge >= 0.3 is 0 Å². The van der Waals surface area contributed by atoms with Crippen LogP contribution in [0.15, 0.2) is 29.3 Å². The Kier molecular flexibility index (Phi) is 11.5. The summed E-state index contributed by atoms with van der Waals surface area (Å²) in [6.07, 6.45) is 6.15. The molecule has 2 aliphatic rings. The van der Waals surface area contributed by atoms with Gasteiger partial charge in [0, 0.05) is 46.9 Å². The zero-order chi connectivity index (χ0) is 21.2. The number of morpholine rings is 1. The standard InChI is InChI=1S/C23H37FN4O2.HI/c1-25-22(27-18-23(11-14-29-2)9-3-4-10-23)26-17-21(28-12-15-30-16-13-28)19-5-7-20(24)8-6-19;/h5-8,21H,3-4,9-18H2,1-2H3,(H2,25,26,27);1H. The molecule has 1 aromatic rings. The molecule has 3 rings (SSSR count). The van der Waals surface area contributed by atoms with E-state index in [9.17, 15) is 4.39 Å². The van der Waals surface area contributed by atoms with Crippen LogP contribution >= 0.6 is 24.0 Å². The minimum absolute atomic E-state index is 0. The van der Waals surface area contributed by atoms with Crippen LogP contribution in [0.3, 0.4) is 0 Å². The van der Waals surface area contributed by atoms with Gasteiger partial charge in [0.25, 0.3) is 0 Å². The predicted molar refractivity (Wildman–Crippen MR) is 134 cm³/mol. The lowest BCUT2D eigenvalue weighted by molar-refractivity contribution is 0.0169. The van der Waals surface area contributed by atoms with Crippen LogP contribution in [-0.2, 0) is 9.47 Å². The summed E-state index contributed by atoms with van der Waals surface area (Å²) in [5.74, 6) is 0.613. The highest BCUT2D eigenvalue weighted by Gasteiger charge is 2.33. The third kappa shape index (κ3) is 7.83. The predicted octanol–water partition coefficient (Wildman–Crippen LogP) is 3.58. The summed E-state index contributed by atoms with van der Waals surface area (Å²) in [5, 5.41) is 7.07. The van der Waals surface area contributed by atoms with Gasteiger partial charge < -0.3 is 20.1 Å². The molecule has 0 spiro atoms. The van der Waals surface area contributed by atoms with Crippen molar-refractivity contribution < 1.29 is 13.9 Å². The molecule has 1 saturated carbocycles. The largest absolute Gasteiger partial charge is 0.385 e. The lowest BCUT2D eigenvalue weighted by Gasteiger charge is -2.35. The number of hydrogen-bond donors (Lipinski definition) is 2. The molecule has 31 heavy (non-hydrogen) atoms. The van der Waals surface area contributed by atoms with Gasteiger partial charge in [-0.3, -0.25) is 9.89 Å². The summed E-state index contributed by atoms with van der Waals surface area (Å²) in [6, 6.07) is 6.98. The van der Waals surface area contributed by atoms with E-state index in [-0.39, 0.29) is 35.8 Å². The van der Waals surface area contributed by atoms with Crippen LogP contribution in [0.25, 0.3) is 0 Å². The zero-order valence-electron chi connectivity index (χ0n) is 18.9. The zero-order valence-corrected chi connectivity index (χ0v) is 21.2. The van der Waals surface area contributed by atoms with Crippen LogP contribution < -0.4 is 10.6 Å². The Morgan fingerprint density at radius 1 is 1.19 bits per heavy atom. The average Bonchev–Trinajstić information content (AvgIpc) is 3.25. The number of nitrogens with zero attached hydrogens (tertiary/aromatic N) is 2. The highest BCUT2D eigenvalue weighted by atomic mass is 127. The van der Waals surface area contributed by atoms with Gasteiger partial charge in [0.15, 0.2) is 5.96 Å². The van der Waals surface area contributed by atoms with Gasteiger partial charge in [0.1, 0.15) is 5.82 Å². The van der Waals surface area contributed by atoms with Gasteiger partial charge in [-0.1, -0.05) is 25.0 Å². The van der Waals surface area contributed by atoms with Crippen molar-refractivity contribution in [2.24, 2.45) is 10.4 Å². The van der Waals surface area contributed by atoms with Crippen molar-refractivity contribution >= 4 is 29.9 Å². The van der Waals surface area contributed by atoms with Crippen LogP contribution in [0, 0.1) is 11.2 Å². The molecule has 0 amide bonds. The summed E-state index contributed by atoms with van der Waals surface area (Å²) in [7, 11) is 3.59. The fourth-order valence-corrected chi connectivity index (χ4v) is 4.68. The fourth-order valence-electron chi connectivity index (χ4n) is 4.68. The van der Waals surface area contributed by atoms with Crippen molar-refractivity contribution in [2.75, 3.05) is 60.2 Å². The quantitative estimate of drug-likeness (QED) is 0.281. The maximum Gasteiger partial charge on any atom is 0.191 e. The Labute approximate surface area is 203 Å². The maximum atomic E-state index is 13.4. The first kappa shape index (κ1) is 26.3. The van der Waals surface area contributed by atoms with E-state index in [0.29, 0.717) is 12.0 Å². The third-order valence-electron chi connectivity index (χ3n) is 6.56. The minimum atomic E-state index is -0.206. The molecule has 2 N–H and O–H groups in total. The molecule has 1 aliphatic carbocycles. The summed E-state index contributed by atoms with van der Waals surface area (Å²) >= 11 is 0. The van der Waals surface area contributed by atoms with E-state index in [1.165, 1.54) is 37.8 Å². The van der Waals surface area contributed by atoms with Gasteiger partial charge in [-0.15, -0.1) is 24.0 Å². The third-order valence-corrected chi connectivity index (χ3v) is 6.56. The second-order valence-corrected chi connectivity index (χ2v) is 8.47. The molecule has 1 heterocycles. The molecular formula is C23H38FIN4O2. The SMILES string of the molecule is CN=C(NCC(c1ccc(F)cc1)N1CCOCC1)NCC1(CCOC)CCCC1.I. The van der Waals surface area contributed by atoms with Crippen molar-refractivity contribution in [1.82, 2.24) is 15.5 Å². The molecule has 1 aliphatic heterocycles. The Morgan fingerprint density at radius 3 is 2.48 bits per heavy atom. The Hall–Kier alpha value is -0.970. The molecule has 1 saturated heterocycles. The Bertz CT molecular complexity index is 662. The molecule has 6 nitrogen and oxygen atoms in total. The summed E-state index contributed by atoms with van der Waals surface area (Å²) in [5.41, 5.74) is 1.40. The second kappa shape index (κ2) is 13.5. The van der Waals surface area contributed by atoms with Crippen molar-refractivity contribution in [2.45, 2.75) is 38.1 Å². The number of aliphatic imine (C=N–C) groups is 1. The molecular weight excluding hydrogens is 510 g/mol. The van der Waals surface area contributed by atoms with Crippen molar-refractivity contribution in [1.29, 1.82) is 0 Å². The molecule has 0 radical (unpaired) electrons. The topological polar surface area (TPSA) is 58.1 Å². The molecule has 8 heteroatoms. The summed E-state index contributed by atoms with van der Waals surface area (Å²) < 4.78 is 24.3. The first-order valence-corrected chi connectivity index (χ1v) is 11.2. The smallest absolute Gasteiger partial charge is 0.191 e. The number of guanidine groups is 1. The van der Waals surface area contributed by atoms with Gasteiger partial charge in [-0.2, -0.15) is 0 Å². The first-order valence-electron chi connectivity index (χ1n) is 11.2. The van der Waals surface area contributed by atoms with Crippen LogP contribution in [0.2, 0.25) is 0 Å². The molecule has 1 unspecified atom stereocenters. The second-order valence-electron chi connectivity index (χ2n) is 8.47. The monoisotopic (exact) mass is 548 g/mol. The van der Waals surface area contributed by atoms with Gasteiger partial charge in [-0.25, -0.2) is 4.39 Å². The lowest BCUT2D eigenvalue weighted by atomic mass is 9.83. The molecule has 1 aromatic carbocycles. The number of hydrogen-bond acceptors (Lipinski definition) is 4. The van der Waals surface area contributed by atoms with Crippen LogP contribution in [0.1, 0.15) is 43.7 Å². The highest BCUT2D eigenvalue weighted by molar-refractivity contribution is 14.0. The summed E-state index contributed by atoms with van der Waals surface area (Å²) in [6.45, 7) is 5.62. The Balaban J connectivity index is 0.00000341. The van der Waals surface area contributed by atoms with Gasteiger partial charge in [0.2, 0.25) is 0 Å². The molecule has 0 aromatic heterocycles. The maximum absolute atomic E-state index is 13.4. The summed E-state index contributed by atoms with van der Waals surface area (Å²) in [4.78, 5) is 6.84. The highest BCUT2D eigenvalue weighted by Crippen LogP contribution is 2.40. The molecule has 0 bridgehead atoms. The van der Waals surface area contributed by atoms with Crippen molar-refractivity contribution in [3.63, 3.8) is 0 Å². The minimum Gasteiger partial charge on any atom is -0.385 e. The number of nitrogens with one attached hydrogen (secondary N) is 2. The number of ether oxygens (including phenoxy) is 2. The molecule has 1 atom stereocenters. The molecule has 176 valence electrons. The van der Waals surface area contributed by atoms with Crippen molar-refractivity contribution in [3.8, 4) is 0 Å². The number of halogens is 2. The van der Waals surface area contributed by atoms with Crippen molar-refractivity contribution in [3.05, 3.63) is 35.6 Å². The van der Waals surface area contributed by atoms with Crippen LogP contribution in [-0.4, -0.2) is 71.0 Å². The lowest BCUT2D eigenvalue weighted by Crippen LogP contribution is -2.48. The van der Waals surface area contributed by atoms with Gasteiger partial charge in [0.05, 0.1) is 19.3 Å². The molecule has 2 fully saturated rings. The van der Waals surface area contributed by atoms with E-state index in [4.69, 9.17) is 9.47 Å². The van der Waals surface area contributed by atoms with Crippen LogP contribution in [0.4, 0.5) is 4.39 Å². The normalized spacial score (nSPS) is 20.2. The fraction of sp³-hybridized carbons (Fsp3) is 0.696. The first-order chi connectivity index (χ1) is 14.7. The number of rotatable bonds is 9. The van der Waals surface area contributed by atoms with Gasteiger partial charge in [-0.05, 0) is 42.4 Å².